The standard InChI is InChI=1S/C22H26N2O4S/c1-15-6-4-5-7-18(15)16-8-10-17(11-9-16)22-19-12-23(29(3,26)27)13-21(25)24(19)20(22)14-28-2/h4-11,19-20,22H,12-14H2,1-3H3/t19-,20+,22-/m0/s1. The minimum Gasteiger partial charge on any atom is -0.383 e. The maximum Gasteiger partial charge on any atom is 0.238 e. The third kappa shape index (κ3) is 3.58. The molecule has 2 aliphatic heterocycles. The molecule has 2 aliphatic rings. The van der Waals surface area contributed by atoms with Crippen LogP contribution in [0.3, 0.4) is 0 Å². The Balaban J connectivity index is 1.63. The van der Waals surface area contributed by atoms with Crippen molar-refractivity contribution in [3.63, 3.8) is 0 Å². The molecule has 0 N–H and O–H groups in total. The molecule has 2 aromatic carbocycles. The quantitative estimate of drug-likeness (QED) is 0.753. The Kier molecular flexibility index (Phi) is 5.23. The molecule has 0 radical (unpaired) electrons. The van der Waals surface area contributed by atoms with Gasteiger partial charge in [0.05, 0.1) is 31.5 Å². The predicted molar refractivity (Wildman–Crippen MR) is 112 cm³/mol. The smallest absolute Gasteiger partial charge is 0.238 e. The van der Waals surface area contributed by atoms with Gasteiger partial charge in [0.15, 0.2) is 0 Å². The number of carbonyl (C=O) groups is 1. The molecule has 1 amide bonds. The highest BCUT2D eigenvalue weighted by atomic mass is 32.2. The number of nitrogens with zero attached hydrogens (tertiary/aromatic N) is 2. The second-order valence-corrected chi connectivity index (χ2v) is 9.89. The zero-order chi connectivity index (χ0) is 20.8. The predicted octanol–water partition coefficient (Wildman–Crippen LogP) is 2.25. The van der Waals surface area contributed by atoms with Gasteiger partial charge >= 0.3 is 0 Å². The van der Waals surface area contributed by atoms with Gasteiger partial charge in [-0.3, -0.25) is 4.79 Å². The normalized spacial score (nSPS) is 24.9. The van der Waals surface area contributed by atoms with E-state index in [0.717, 1.165) is 17.4 Å². The van der Waals surface area contributed by atoms with E-state index in [0.29, 0.717) is 13.2 Å². The molecule has 2 heterocycles. The molecule has 3 atom stereocenters. The molecule has 2 aromatic rings. The zero-order valence-corrected chi connectivity index (χ0v) is 17.7. The lowest BCUT2D eigenvalue weighted by Gasteiger charge is -2.58. The van der Waals surface area contributed by atoms with E-state index >= 15 is 0 Å². The van der Waals surface area contributed by atoms with Crippen molar-refractivity contribution < 1.29 is 17.9 Å². The van der Waals surface area contributed by atoms with Crippen molar-refractivity contribution in [3.8, 4) is 11.1 Å². The molecule has 0 spiro atoms. The summed E-state index contributed by atoms with van der Waals surface area (Å²) in [6.07, 6.45) is 1.16. The fourth-order valence-corrected chi connectivity index (χ4v) is 5.43. The first kappa shape index (κ1) is 20.1. The van der Waals surface area contributed by atoms with Crippen LogP contribution in [0.1, 0.15) is 17.0 Å². The van der Waals surface area contributed by atoms with E-state index in [1.54, 1.807) is 7.11 Å². The summed E-state index contributed by atoms with van der Waals surface area (Å²) in [5.74, 6) is -0.101. The van der Waals surface area contributed by atoms with Crippen molar-refractivity contribution in [2.24, 2.45) is 0 Å². The molecule has 0 bridgehead atoms. The fourth-order valence-electron chi connectivity index (χ4n) is 4.66. The third-order valence-electron chi connectivity index (χ3n) is 6.09. The lowest BCUT2D eigenvalue weighted by Crippen LogP contribution is -2.73. The Morgan fingerprint density at radius 3 is 2.41 bits per heavy atom. The molecule has 4 rings (SSSR count). The SMILES string of the molecule is COC[C@@H]1[C@@H](c2ccc(-c3ccccc3C)cc2)[C@@H]2CN(S(C)(=O)=O)CC(=O)N12. The number of methoxy groups -OCH3 is 1. The van der Waals surface area contributed by atoms with Crippen molar-refractivity contribution in [2.45, 2.75) is 24.9 Å². The Labute approximate surface area is 172 Å². The van der Waals surface area contributed by atoms with Crippen molar-refractivity contribution in [1.29, 1.82) is 0 Å². The minimum atomic E-state index is -3.41. The van der Waals surface area contributed by atoms with Crippen LogP contribution in [0.4, 0.5) is 0 Å². The second kappa shape index (κ2) is 7.55. The fraction of sp³-hybridized carbons (Fsp3) is 0.409. The number of aryl methyl sites for hydroxylation is 1. The van der Waals surface area contributed by atoms with Gasteiger partial charge in [0, 0.05) is 19.6 Å². The average Bonchev–Trinajstić information content (AvgIpc) is 2.66. The van der Waals surface area contributed by atoms with E-state index in [1.807, 2.05) is 17.0 Å². The molecular weight excluding hydrogens is 388 g/mol. The lowest BCUT2D eigenvalue weighted by atomic mass is 9.74. The van der Waals surface area contributed by atoms with E-state index in [4.69, 9.17) is 4.74 Å². The number of fused-ring (bicyclic) bond motifs is 1. The van der Waals surface area contributed by atoms with Crippen molar-refractivity contribution in [1.82, 2.24) is 9.21 Å². The van der Waals surface area contributed by atoms with Gasteiger partial charge in [-0.25, -0.2) is 8.42 Å². The zero-order valence-electron chi connectivity index (χ0n) is 16.9. The van der Waals surface area contributed by atoms with Crippen LogP contribution >= 0.6 is 0 Å². The maximum absolute atomic E-state index is 12.6. The van der Waals surface area contributed by atoms with Gasteiger partial charge in [0.2, 0.25) is 15.9 Å². The summed E-state index contributed by atoms with van der Waals surface area (Å²) in [5, 5.41) is 0. The van der Waals surface area contributed by atoms with Crippen LogP contribution in [-0.2, 0) is 19.6 Å². The summed E-state index contributed by atoms with van der Waals surface area (Å²) in [7, 11) is -1.78. The molecule has 0 aromatic heterocycles. The van der Waals surface area contributed by atoms with Crippen LogP contribution < -0.4 is 0 Å². The average molecular weight is 415 g/mol. The van der Waals surface area contributed by atoms with E-state index < -0.39 is 10.0 Å². The van der Waals surface area contributed by atoms with Gasteiger partial charge < -0.3 is 9.64 Å². The Bertz CT molecular complexity index is 1020. The number of benzene rings is 2. The summed E-state index contributed by atoms with van der Waals surface area (Å²) >= 11 is 0. The van der Waals surface area contributed by atoms with E-state index in [1.165, 1.54) is 15.4 Å². The molecule has 2 saturated heterocycles. The van der Waals surface area contributed by atoms with Gasteiger partial charge in [-0.2, -0.15) is 4.31 Å². The summed E-state index contributed by atoms with van der Waals surface area (Å²) in [5.41, 5.74) is 4.66. The number of ether oxygens (including phenoxy) is 1. The number of rotatable bonds is 5. The second-order valence-electron chi connectivity index (χ2n) is 7.91. The molecule has 0 unspecified atom stereocenters. The molecule has 154 valence electrons. The van der Waals surface area contributed by atoms with Gasteiger partial charge in [-0.15, -0.1) is 0 Å². The molecule has 6 nitrogen and oxygen atoms in total. The number of carbonyl (C=O) groups excluding carboxylic acids is 1. The maximum atomic E-state index is 12.6. The van der Waals surface area contributed by atoms with Gasteiger partial charge in [-0.1, -0.05) is 48.5 Å². The monoisotopic (exact) mass is 414 g/mol. The first-order valence-electron chi connectivity index (χ1n) is 9.72. The van der Waals surface area contributed by atoms with Crippen molar-refractivity contribution in [3.05, 3.63) is 59.7 Å². The van der Waals surface area contributed by atoms with Crippen LogP contribution in [0.5, 0.6) is 0 Å². The summed E-state index contributed by atoms with van der Waals surface area (Å²) < 4.78 is 30.7. The summed E-state index contributed by atoms with van der Waals surface area (Å²) in [6, 6.07) is 16.4. The Hall–Kier alpha value is -2.22. The topological polar surface area (TPSA) is 66.9 Å². The molecule has 0 aliphatic carbocycles. The first-order chi connectivity index (χ1) is 13.8. The van der Waals surface area contributed by atoms with Crippen LogP contribution in [0.15, 0.2) is 48.5 Å². The van der Waals surface area contributed by atoms with Crippen LogP contribution in [0.2, 0.25) is 0 Å². The molecule has 0 saturated carbocycles. The van der Waals surface area contributed by atoms with Crippen LogP contribution in [-0.4, -0.2) is 68.7 Å². The highest BCUT2D eigenvalue weighted by Gasteiger charge is 2.55. The van der Waals surface area contributed by atoms with E-state index in [2.05, 4.69) is 43.3 Å². The molecular formula is C22H26N2O4S. The van der Waals surface area contributed by atoms with Crippen LogP contribution in [0.25, 0.3) is 11.1 Å². The van der Waals surface area contributed by atoms with Gasteiger partial charge in [-0.05, 0) is 29.2 Å². The Morgan fingerprint density at radius 2 is 1.79 bits per heavy atom. The first-order valence-corrected chi connectivity index (χ1v) is 11.6. The number of sulfonamides is 1. The number of amides is 1. The largest absolute Gasteiger partial charge is 0.383 e. The number of hydrogen-bond acceptors (Lipinski definition) is 4. The minimum absolute atomic E-state index is 0.0503. The van der Waals surface area contributed by atoms with Crippen LogP contribution in [0, 0.1) is 6.92 Å². The molecule has 2 fully saturated rings. The summed E-state index contributed by atoms with van der Waals surface area (Å²) in [4.78, 5) is 14.4. The number of hydrogen-bond donors (Lipinski definition) is 0. The number of piperazine rings is 1. The highest BCUT2D eigenvalue weighted by Crippen LogP contribution is 2.44. The lowest BCUT2D eigenvalue weighted by molar-refractivity contribution is -0.158. The highest BCUT2D eigenvalue weighted by molar-refractivity contribution is 7.88. The molecule has 7 heteroatoms. The van der Waals surface area contributed by atoms with Gasteiger partial charge in [0.1, 0.15) is 0 Å². The van der Waals surface area contributed by atoms with Crippen molar-refractivity contribution >= 4 is 15.9 Å². The Morgan fingerprint density at radius 1 is 1.10 bits per heavy atom. The van der Waals surface area contributed by atoms with Gasteiger partial charge in [0.25, 0.3) is 0 Å². The third-order valence-corrected chi connectivity index (χ3v) is 7.31. The summed E-state index contributed by atoms with van der Waals surface area (Å²) in [6.45, 7) is 2.77. The van der Waals surface area contributed by atoms with Crippen molar-refractivity contribution in [2.75, 3.05) is 33.1 Å². The van der Waals surface area contributed by atoms with E-state index in [9.17, 15) is 13.2 Å². The van der Waals surface area contributed by atoms with E-state index in [-0.39, 0.29) is 30.5 Å². The molecule has 29 heavy (non-hydrogen) atoms.